The number of carbonyl (C=O) groups is 2. The summed E-state index contributed by atoms with van der Waals surface area (Å²) in [5.74, 6) is 3.89. The van der Waals surface area contributed by atoms with Crippen LogP contribution in [0.2, 0.25) is 0 Å². The van der Waals surface area contributed by atoms with Crippen LogP contribution < -0.4 is 22.9 Å². The molecule has 1 amide bonds. The van der Waals surface area contributed by atoms with Gasteiger partial charge in [-0.25, -0.2) is 15.2 Å². The lowest BCUT2D eigenvalue weighted by Gasteiger charge is -2.26. The van der Waals surface area contributed by atoms with Gasteiger partial charge in [-0.05, 0) is 56.7 Å². The summed E-state index contributed by atoms with van der Waals surface area (Å²) in [5, 5.41) is 21.5. The van der Waals surface area contributed by atoms with Crippen molar-refractivity contribution < 1.29 is 28.9 Å². The van der Waals surface area contributed by atoms with Crippen molar-refractivity contribution in [3.63, 3.8) is 0 Å². The fourth-order valence-corrected chi connectivity index (χ4v) is 5.57. The van der Waals surface area contributed by atoms with Crippen molar-refractivity contribution in [3.8, 4) is 17.1 Å². The van der Waals surface area contributed by atoms with Crippen LogP contribution in [0.4, 0.5) is 4.39 Å². The van der Waals surface area contributed by atoms with Crippen molar-refractivity contribution in [3.05, 3.63) is 67.5 Å². The minimum atomic E-state index is -0.732. The largest absolute Gasteiger partial charge is 0.507 e. The van der Waals surface area contributed by atoms with Gasteiger partial charge >= 0.3 is 5.97 Å². The molecule has 0 fully saturated rings. The summed E-state index contributed by atoms with van der Waals surface area (Å²) in [6.45, 7) is 10.6. The molecule has 5 rings (SSSR count). The lowest BCUT2D eigenvalue weighted by atomic mass is 9.85. The van der Waals surface area contributed by atoms with Gasteiger partial charge in [0.15, 0.2) is 0 Å². The Morgan fingerprint density at radius 2 is 1.80 bits per heavy atom. The number of hydrogen-bond donors (Lipinski definition) is 5. The minimum absolute atomic E-state index is 0.0190. The van der Waals surface area contributed by atoms with E-state index in [1.54, 1.807) is 11.5 Å². The van der Waals surface area contributed by atoms with E-state index in [9.17, 15) is 23.9 Å². The molecule has 3 heterocycles. The van der Waals surface area contributed by atoms with Gasteiger partial charge in [-0.3, -0.25) is 14.4 Å². The van der Waals surface area contributed by atoms with Crippen molar-refractivity contribution in [2.75, 3.05) is 6.61 Å². The maximum absolute atomic E-state index is 14.5. The molecular formula is C32H43FN6O6. The molecule has 244 valence electrons. The number of amides is 1. The normalized spacial score (nSPS) is 13.1. The van der Waals surface area contributed by atoms with Crippen LogP contribution in [0.25, 0.3) is 22.3 Å². The first-order valence-corrected chi connectivity index (χ1v) is 14.9. The van der Waals surface area contributed by atoms with Crippen LogP contribution in [-0.2, 0) is 40.3 Å². The fraction of sp³-hybridized carbons (Fsp3) is 0.438. The first kappa shape index (κ1) is 35.0. The highest BCUT2D eigenvalue weighted by molar-refractivity contribution is 5.92. The number of hydrogen-bond acceptors (Lipinski definition) is 10. The summed E-state index contributed by atoms with van der Waals surface area (Å²) >= 11 is 0. The standard InChI is InChI=1S/C22H19FN2O4.C8H18N4O2.C2H6/c1-10-12-4-3-5-13-14-8-25-18(21(14)24-17(20(12)13)6-16(10)23)7-19(27)15(22(25)28)9-29-11(2)26;1-5(2)12(11)6(3-4-13)7(9)8(10)14;1-2/h6-7,27H,3-5,8-9H2,1-2H3;5,13H,3-4,9,11H2,1-2H3,(H2,10,14);1-2H3/b;7-6-;. The van der Waals surface area contributed by atoms with Crippen molar-refractivity contribution in [1.82, 2.24) is 14.6 Å². The predicted molar refractivity (Wildman–Crippen MR) is 169 cm³/mol. The van der Waals surface area contributed by atoms with Crippen LogP contribution >= 0.6 is 0 Å². The molecule has 0 spiro atoms. The molecular weight excluding hydrogens is 583 g/mol. The average molecular weight is 627 g/mol. The van der Waals surface area contributed by atoms with Crippen molar-refractivity contribution in [2.45, 2.75) is 86.4 Å². The van der Waals surface area contributed by atoms with E-state index >= 15 is 0 Å². The number of hydrazine groups is 1. The van der Waals surface area contributed by atoms with Gasteiger partial charge in [-0.2, -0.15) is 0 Å². The number of nitrogens with two attached hydrogens (primary N) is 3. The maximum Gasteiger partial charge on any atom is 0.302 e. The molecule has 1 aliphatic carbocycles. The molecule has 0 atom stereocenters. The van der Waals surface area contributed by atoms with Crippen LogP contribution in [-0.4, -0.2) is 49.3 Å². The number of aliphatic hydroxyl groups is 1. The number of aromatic hydroxyl groups is 1. The first-order valence-electron chi connectivity index (χ1n) is 14.9. The molecule has 0 saturated heterocycles. The van der Waals surface area contributed by atoms with E-state index in [1.165, 1.54) is 24.1 Å². The summed E-state index contributed by atoms with van der Waals surface area (Å²) in [6.07, 6.45) is 2.78. The molecule has 0 radical (unpaired) electrons. The summed E-state index contributed by atoms with van der Waals surface area (Å²) in [6, 6.07) is 2.92. The number of rotatable bonds is 7. The zero-order chi connectivity index (χ0) is 33.7. The number of halogens is 1. The Kier molecular flexibility index (Phi) is 11.3. The molecule has 8 N–H and O–H groups in total. The van der Waals surface area contributed by atoms with Gasteiger partial charge in [-0.1, -0.05) is 13.8 Å². The molecule has 45 heavy (non-hydrogen) atoms. The van der Waals surface area contributed by atoms with Gasteiger partial charge < -0.3 is 36.0 Å². The lowest BCUT2D eigenvalue weighted by Crippen LogP contribution is -2.40. The minimum Gasteiger partial charge on any atom is -0.507 e. The molecule has 2 aliphatic rings. The Hall–Kier alpha value is -4.49. The second-order valence-corrected chi connectivity index (χ2v) is 10.9. The summed E-state index contributed by atoms with van der Waals surface area (Å²) in [5.41, 5.74) is 15.8. The topological polar surface area (TPSA) is 200 Å². The molecule has 12 nitrogen and oxygen atoms in total. The molecule has 3 aromatic rings. The summed E-state index contributed by atoms with van der Waals surface area (Å²) < 4.78 is 20.9. The maximum atomic E-state index is 14.5. The van der Waals surface area contributed by atoms with E-state index in [4.69, 9.17) is 32.1 Å². The Morgan fingerprint density at radius 1 is 1.16 bits per heavy atom. The number of carbonyl (C=O) groups excluding carboxylic acids is 2. The third-order valence-electron chi connectivity index (χ3n) is 7.82. The molecule has 0 unspecified atom stereocenters. The number of esters is 1. The van der Waals surface area contributed by atoms with Crippen molar-refractivity contribution in [1.29, 1.82) is 0 Å². The second kappa shape index (κ2) is 14.5. The SMILES string of the molecule is CC.CC(=O)OCc1c(O)cc2n(c1=O)Cc1c-2nc2cc(F)c(C)c3c2c1CCC3.CC(C)N(N)/C(CCO)=C(\N)C(N)=O. The third-order valence-corrected chi connectivity index (χ3v) is 7.82. The summed E-state index contributed by atoms with van der Waals surface area (Å²) in [4.78, 5) is 39.6. The quantitative estimate of drug-likeness (QED) is 0.0879. The van der Waals surface area contributed by atoms with Crippen molar-refractivity contribution >= 4 is 22.8 Å². The fourth-order valence-electron chi connectivity index (χ4n) is 5.57. The number of fused-ring (bicyclic) bond motifs is 4. The van der Waals surface area contributed by atoms with Gasteiger partial charge in [0.2, 0.25) is 0 Å². The highest BCUT2D eigenvalue weighted by Gasteiger charge is 2.31. The van der Waals surface area contributed by atoms with Crippen LogP contribution in [0.3, 0.4) is 0 Å². The highest BCUT2D eigenvalue weighted by Crippen LogP contribution is 2.41. The van der Waals surface area contributed by atoms with Gasteiger partial charge in [0, 0.05) is 49.1 Å². The Labute approximate surface area is 261 Å². The van der Waals surface area contributed by atoms with Gasteiger partial charge in [0.25, 0.3) is 11.5 Å². The van der Waals surface area contributed by atoms with Crippen LogP contribution in [0.1, 0.15) is 75.3 Å². The molecule has 1 aliphatic heterocycles. The zero-order valence-corrected chi connectivity index (χ0v) is 26.7. The lowest BCUT2D eigenvalue weighted by molar-refractivity contribution is -0.142. The summed E-state index contributed by atoms with van der Waals surface area (Å²) in [7, 11) is 0. The number of aliphatic hydroxyl groups excluding tert-OH is 1. The molecule has 0 saturated carbocycles. The highest BCUT2D eigenvalue weighted by atomic mass is 19.1. The number of aryl methyl sites for hydroxylation is 2. The molecule has 1 aromatic carbocycles. The number of aromatic nitrogens is 2. The average Bonchev–Trinajstić information content (AvgIpc) is 3.37. The van der Waals surface area contributed by atoms with Gasteiger partial charge in [-0.15, -0.1) is 0 Å². The number of pyridine rings is 2. The smallest absolute Gasteiger partial charge is 0.302 e. The van der Waals surface area contributed by atoms with Crippen molar-refractivity contribution in [2.24, 2.45) is 17.3 Å². The first-order chi connectivity index (χ1) is 21.3. The van der Waals surface area contributed by atoms with Gasteiger partial charge in [0.1, 0.15) is 23.9 Å². The number of benzene rings is 1. The molecule has 13 heteroatoms. The Balaban J connectivity index is 0.000000294. The van der Waals surface area contributed by atoms with E-state index in [0.29, 0.717) is 34.7 Å². The second-order valence-electron chi connectivity index (χ2n) is 10.9. The van der Waals surface area contributed by atoms with E-state index < -0.39 is 17.4 Å². The monoisotopic (exact) mass is 626 g/mol. The van der Waals surface area contributed by atoms with E-state index in [2.05, 4.69) is 0 Å². The van der Waals surface area contributed by atoms with E-state index in [-0.39, 0.29) is 48.5 Å². The van der Waals surface area contributed by atoms with Gasteiger partial charge in [0.05, 0.1) is 34.7 Å². The predicted octanol–water partition coefficient (Wildman–Crippen LogP) is 2.76. The zero-order valence-electron chi connectivity index (χ0n) is 26.7. The van der Waals surface area contributed by atoms with E-state index in [1.807, 2.05) is 27.7 Å². The van der Waals surface area contributed by atoms with Crippen LogP contribution in [0.5, 0.6) is 5.75 Å². The number of ether oxygens (including phenoxy) is 1. The third kappa shape index (κ3) is 6.94. The van der Waals surface area contributed by atoms with Crippen LogP contribution in [0, 0.1) is 12.7 Å². The Bertz CT molecular complexity index is 1720. The van der Waals surface area contributed by atoms with Crippen LogP contribution in [0.15, 0.2) is 28.3 Å². The number of primary amides is 1. The molecule has 2 aromatic heterocycles. The Morgan fingerprint density at radius 3 is 2.38 bits per heavy atom. The number of nitrogens with zero attached hydrogens (tertiary/aromatic N) is 3. The van der Waals surface area contributed by atoms with E-state index in [0.717, 1.165) is 41.3 Å². The molecule has 0 bridgehead atoms.